The van der Waals surface area contributed by atoms with Gasteiger partial charge in [0.2, 0.25) is 0 Å². The van der Waals surface area contributed by atoms with E-state index in [1.807, 2.05) is 6.92 Å². The summed E-state index contributed by atoms with van der Waals surface area (Å²) in [6.07, 6.45) is 0. The van der Waals surface area contributed by atoms with Gasteiger partial charge in [0.25, 0.3) is 5.91 Å². The van der Waals surface area contributed by atoms with E-state index >= 15 is 0 Å². The van der Waals surface area contributed by atoms with Gasteiger partial charge in [0.1, 0.15) is 11.6 Å². The lowest BCUT2D eigenvalue weighted by atomic mass is 10.2. The topological polar surface area (TPSA) is 101 Å². The van der Waals surface area contributed by atoms with Crippen LogP contribution in [0.25, 0.3) is 0 Å². The first-order valence-electron chi connectivity index (χ1n) is 5.83. The molecule has 0 spiro atoms. The zero-order chi connectivity index (χ0) is 14.0. The maximum absolute atomic E-state index is 12.2. The predicted octanol–water partition coefficient (Wildman–Crippen LogP) is 0.671. The van der Waals surface area contributed by atoms with Crippen molar-refractivity contribution in [2.75, 3.05) is 12.8 Å². The lowest BCUT2D eigenvalue weighted by molar-refractivity contribution is 0.0781. The fourth-order valence-electron chi connectivity index (χ4n) is 1.78. The summed E-state index contributed by atoms with van der Waals surface area (Å²) >= 11 is 0. The molecule has 0 aliphatic rings. The third-order valence-electron chi connectivity index (χ3n) is 2.59. The van der Waals surface area contributed by atoms with Crippen molar-refractivity contribution in [2.24, 2.45) is 0 Å². The third kappa shape index (κ3) is 3.06. The first-order chi connectivity index (χ1) is 8.95. The molecular formula is C12H16N6O. The number of nitrogens with one attached hydrogen (secondary N) is 1. The Morgan fingerprint density at radius 1 is 1.37 bits per heavy atom. The Balaban J connectivity index is 2.14. The molecular weight excluding hydrogens is 244 g/mol. The lowest BCUT2D eigenvalue weighted by Gasteiger charge is -2.15. The van der Waals surface area contributed by atoms with Crippen molar-refractivity contribution in [1.29, 1.82) is 0 Å². The molecule has 19 heavy (non-hydrogen) atoms. The van der Waals surface area contributed by atoms with E-state index in [0.717, 1.165) is 5.82 Å². The number of aromatic amines is 1. The number of anilines is 1. The van der Waals surface area contributed by atoms with Gasteiger partial charge in [-0.25, -0.2) is 9.97 Å². The number of aryl methyl sites for hydroxylation is 2. The highest BCUT2D eigenvalue weighted by molar-refractivity contribution is 5.94. The van der Waals surface area contributed by atoms with Gasteiger partial charge >= 0.3 is 0 Å². The van der Waals surface area contributed by atoms with Crippen LogP contribution in [-0.4, -0.2) is 38.0 Å². The molecule has 2 rings (SSSR count). The van der Waals surface area contributed by atoms with Gasteiger partial charge in [-0.05, 0) is 26.0 Å². The lowest BCUT2D eigenvalue weighted by Crippen LogP contribution is -2.27. The molecule has 0 radical (unpaired) electrons. The van der Waals surface area contributed by atoms with Crippen molar-refractivity contribution >= 4 is 11.7 Å². The second kappa shape index (κ2) is 5.05. The molecule has 0 aromatic carbocycles. The SMILES string of the molecule is Cc1cc(C(=O)N(C)Cc2n[nH]c(C)n2)cc(N)n1. The molecule has 0 fully saturated rings. The molecule has 0 aliphatic heterocycles. The van der Waals surface area contributed by atoms with E-state index in [9.17, 15) is 4.79 Å². The van der Waals surface area contributed by atoms with E-state index in [0.29, 0.717) is 29.4 Å². The third-order valence-corrected chi connectivity index (χ3v) is 2.59. The molecule has 7 heteroatoms. The summed E-state index contributed by atoms with van der Waals surface area (Å²) in [5.74, 6) is 1.50. The average Bonchev–Trinajstić information content (AvgIpc) is 2.72. The first-order valence-corrected chi connectivity index (χ1v) is 5.83. The molecule has 3 N–H and O–H groups in total. The Morgan fingerprint density at radius 2 is 2.11 bits per heavy atom. The van der Waals surface area contributed by atoms with Gasteiger partial charge in [-0.3, -0.25) is 9.89 Å². The van der Waals surface area contributed by atoms with E-state index in [1.165, 1.54) is 4.90 Å². The van der Waals surface area contributed by atoms with E-state index in [-0.39, 0.29) is 5.91 Å². The molecule has 2 heterocycles. The van der Waals surface area contributed by atoms with Gasteiger partial charge in [0.15, 0.2) is 5.82 Å². The minimum Gasteiger partial charge on any atom is -0.384 e. The van der Waals surface area contributed by atoms with Gasteiger partial charge in [-0.15, -0.1) is 0 Å². The number of amides is 1. The molecule has 0 saturated carbocycles. The summed E-state index contributed by atoms with van der Waals surface area (Å²) in [5, 5.41) is 6.74. The smallest absolute Gasteiger partial charge is 0.254 e. The Kier molecular flexibility index (Phi) is 3.46. The fourth-order valence-corrected chi connectivity index (χ4v) is 1.78. The molecule has 2 aromatic rings. The number of nitrogens with zero attached hydrogens (tertiary/aromatic N) is 4. The van der Waals surface area contributed by atoms with Crippen molar-refractivity contribution in [1.82, 2.24) is 25.1 Å². The Bertz CT molecular complexity index is 586. The number of hydrogen-bond donors (Lipinski definition) is 2. The molecule has 2 aromatic heterocycles. The summed E-state index contributed by atoms with van der Waals surface area (Å²) in [5.41, 5.74) is 6.87. The van der Waals surface area contributed by atoms with Crippen LogP contribution in [0, 0.1) is 13.8 Å². The average molecular weight is 260 g/mol. The number of nitrogen functional groups attached to an aromatic ring is 1. The van der Waals surface area contributed by atoms with Crippen LogP contribution in [0.15, 0.2) is 12.1 Å². The van der Waals surface area contributed by atoms with Crippen molar-refractivity contribution in [3.8, 4) is 0 Å². The molecule has 0 aliphatic carbocycles. The van der Waals surface area contributed by atoms with Crippen LogP contribution in [0.4, 0.5) is 5.82 Å². The van der Waals surface area contributed by atoms with Crippen LogP contribution in [-0.2, 0) is 6.54 Å². The van der Waals surface area contributed by atoms with Gasteiger partial charge in [0, 0.05) is 18.3 Å². The Labute approximate surface area is 110 Å². The second-order valence-electron chi connectivity index (χ2n) is 4.42. The number of rotatable bonds is 3. The van der Waals surface area contributed by atoms with Crippen LogP contribution in [0.5, 0.6) is 0 Å². The largest absolute Gasteiger partial charge is 0.384 e. The van der Waals surface area contributed by atoms with Crippen LogP contribution >= 0.6 is 0 Å². The zero-order valence-corrected chi connectivity index (χ0v) is 11.1. The number of H-pyrrole nitrogens is 1. The van der Waals surface area contributed by atoms with E-state index in [2.05, 4.69) is 20.2 Å². The summed E-state index contributed by atoms with van der Waals surface area (Å²) in [7, 11) is 1.69. The fraction of sp³-hybridized carbons (Fsp3) is 0.333. The molecule has 0 atom stereocenters. The maximum atomic E-state index is 12.2. The van der Waals surface area contributed by atoms with E-state index < -0.39 is 0 Å². The Hall–Kier alpha value is -2.44. The molecule has 7 nitrogen and oxygen atoms in total. The monoisotopic (exact) mass is 260 g/mol. The number of nitrogens with two attached hydrogens (primary N) is 1. The number of carbonyl (C=O) groups is 1. The van der Waals surface area contributed by atoms with E-state index in [4.69, 9.17) is 5.73 Å². The van der Waals surface area contributed by atoms with Gasteiger partial charge in [-0.2, -0.15) is 5.10 Å². The van der Waals surface area contributed by atoms with Crippen molar-refractivity contribution < 1.29 is 4.79 Å². The second-order valence-corrected chi connectivity index (χ2v) is 4.42. The predicted molar refractivity (Wildman–Crippen MR) is 70.3 cm³/mol. The van der Waals surface area contributed by atoms with Gasteiger partial charge in [-0.1, -0.05) is 0 Å². The van der Waals surface area contributed by atoms with Crippen LogP contribution in [0.3, 0.4) is 0 Å². The summed E-state index contributed by atoms with van der Waals surface area (Å²) in [6, 6.07) is 3.27. The highest BCUT2D eigenvalue weighted by Crippen LogP contribution is 2.10. The Morgan fingerprint density at radius 3 is 2.68 bits per heavy atom. The van der Waals surface area contributed by atoms with Gasteiger partial charge in [0.05, 0.1) is 6.54 Å². The summed E-state index contributed by atoms with van der Waals surface area (Å²) in [4.78, 5) is 22.0. The zero-order valence-electron chi connectivity index (χ0n) is 11.1. The molecule has 0 bridgehead atoms. The van der Waals surface area contributed by atoms with Crippen molar-refractivity contribution in [2.45, 2.75) is 20.4 Å². The molecule has 1 amide bonds. The first kappa shape index (κ1) is 13.0. The standard InChI is InChI=1S/C12H16N6O/c1-7-4-9(5-10(13)14-7)12(19)18(3)6-11-15-8(2)16-17-11/h4-5H,6H2,1-3H3,(H2,13,14)(H,15,16,17). The molecule has 0 saturated heterocycles. The van der Waals surface area contributed by atoms with Gasteiger partial charge < -0.3 is 10.6 Å². The molecule has 0 unspecified atom stereocenters. The van der Waals surface area contributed by atoms with E-state index in [1.54, 1.807) is 26.1 Å². The number of carbonyl (C=O) groups excluding carboxylic acids is 1. The summed E-state index contributed by atoms with van der Waals surface area (Å²) in [6.45, 7) is 3.95. The number of aromatic nitrogens is 4. The van der Waals surface area contributed by atoms with Crippen molar-refractivity contribution in [3.05, 3.63) is 35.0 Å². The van der Waals surface area contributed by atoms with Crippen molar-refractivity contribution in [3.63, 3.8) is 0 Å². The van der Waals surface area contributed by atoms with Crippen LogP contribution < -0.4 is 5.73 Å². The minimum atomic E-state index is -0.139. The minimum absolute atomic E-state index is 0.139. The normalized spacial score (nSPS) is 10.5. The summed E-state index contributed by atoms with van der Waals surface area (Å²) < 4.78 is 0. The van der Waals surface area contributed by atoms with Crippen LogP contribution in [0.1, 0.15) is 27.7 Å². The highest BCUT2D eigenvalue weighted by Gasteiger charge is 2.15. The highest BCUT2D eigenvalue weighted by atomic mass is 16.2. The number of hydrogen-bond acceptors (Lipinski definition) is 5. The van der Waals surface area contributed by atoms with Crippen LogP contribution in [0.2, 0.25) is 0 Å². The maximum Gasteiger partial charge on any atom is 0.254 e. The number of pyridine rings is 1. The molecule has 100 valence electrons. The quantitative estimate of drug-likeness (QED) is 0.844.